The molecule has 0 atom stereocenters. The van der Waals surface area contributed by atoms with Crippen molar-refractivity contribution in [1.29, 1.82) is 0 Å². The van der Waals surface area contributed by atoms with Gasteiger partial charge in [0.2, 0.25) is 0 Å². The lowest BCUT2D eigenvalue weighted by molar-refractivity contribution is -0.215. The molecule has 37 heavy (non-hydrogen) atoms. The first-order valence-electron chi connectivity index (χ1n) is 12.0. The number of hydrogen-bond acceptors (Lipinski definition) is 5. The largest absolute Gasteiger partial charge is 0.354 e. The number of H-pyrrole nitrogens is 2. The average molecular weight is 493 g/mol. The summed E-state index contributed by atoms with van der Waals surface area (Å²) in [5.74, 6) is 0.918. The molecule has 0 aliphatic carbocycles. The molecule has 6 rings (SSSR count). The van der Waals surface area contributed by atoms with Crippen LogP contribution in [0, 0.1) is 13.8 Å². The smallest absolute Gasteiger partial charge is 0.272 e. The highest BCUT2D eigenvalue weighted by molar-refractivity contribution is 6.10. The molecule has 8 heteroatoms. The molecular formula is C29H24N4O4. The van der Waals surface area contributed by atoms with Crippen LogP contribution in [0.4, 0.5) is 5.69 Å². The molecule has 0 radical (unpaired) electrons. The van der Waals surface area contributed by atoms with Crippen LogP contribution in [0.2, 0.25) is 0 Å². The molecule has 8 nitrogen and oxygen atoms in total. The fraction of sp³-hybridized carbons (Fsp3) is 0.138. The molecule has 3 heterocycles. The SMILES string of the molecule is Cc1[nH]c(C(=O)Nc2ccc3c(c2)OOCC3)c(C)c1-c1nc2ccc(C(=O)c3ccccc3)cc2[nH]1. The fourth-order valence-corrected chi connectivity index (χ4v) is 4.72. The van der Waals surface area contributed by atoms with Gasteiger partial charge in [-0.15, -0.1) is 0 Å². The summed E-state index contributed by atoms with van der Waals surface area (Å²) in [6.07, 6.45) is 0.765. The average Bonchev–Trinajstić information content (AvgIpc) is 3.47. The summed E-state index contributed by atoms with van der Waals surface area (Å²) < 4.78 is 0. The summed E-state index contributed by atoms with van der Waals surface area (Å²) in [4.78, 5) is 47.6. The van der Waals surface area contributed by atoms with Gasteiger partial charge in [-0.25, -0.2) is 4.98 Å². The Morgan fingerprint density at radius 3 is 2.62 bits per heavy atom. The number of fused-ring (bicyclic) bond motifs is 2. The molecule has 1 amide bonds. The van der Waals surface area contributed by atoms with Gasteiger partial charge in [0, 0.05) is 46.1 Å². The summed E-state index contributed by atoms with van der Waals surface area (Å²) >= 11 is 0. The third-order valence-electron chi connectivity index (χ3n) is 6.61. The number of carbonyl (C=O) groups excluding carboxylic acids is 2. The Labute approximate surface area is 212 Å². The Hall–Kier alpha value is -4.69. The molecule has 5 aromatic rings. The van der Waals surface area contributed by atoms with Crippen molar-refractivity contribution in [3.8, 4) is 17.1 Å². The maximum Gasteiger partial charge on any atom is 0.272 e. The number of anilines is 1. The second-order valence-corrected chi connectivity index (χ2v) is 9.07. The fourth-order valence-electron chi connectivity index (χ4n) is 4.72. The zero-order chi connectivity index (χ0) is 25.5. The number of rotatable bonds is 5. The Balaban J connectivity index is 1.28. The van der Waals surface area contributed by atoms with Crippen LogP contribution < -0.4 is 10.2 Å². The van der Waals surface area contributed by atoms with E-state index in [1.54, 1.807) is 24.3 Å². The van der Waals surface area contributed by atoms with Gasteiger partial charge in [0.05, 0.1) is 17.6 Å². The third-order valence-corrected chi connectivity index (χ3v) is 6.61. The molecular weight excluding hydrogens is 468 g/mol. The molecule has 0 saturated heterocycles. The van der Waals surface area contributed by atoms with Crippen molar-refractivity contribution in [1.82, 2.24) is 15.0 Å². The first kappa shape index (κ1) is 22.8. The lowest BCUT2D eigenvalue weighted by atomic mass is 10.0. The van der Waals surface area contributed by atoms with Crippen molar-refractivity contribution < 1.29 is 19.4 Å². The molecule has 2 aromatic heterocycles. The van der Waals surface area contributed by atoms with Gasteiger partial charge < -0.3 is 20.2 Å². The Bertz CT molecular complexity index is 1670. The number of aromatic nitrogens is 3. The molecule has 0 saturated carbocycles. The van der Waals surface area contributed by atoms with Gasteiger partial charge in [-0.1, -0.05) is 36.4 Å². The molecule has 0 spiro atoms. The number of nitrogens with one attached hydrogen (secondary N) is 3. The first-order chi connectivity index (χ1) is 18.0. The molecule has 3 aromatic carbocycles. The van der Waals surface area contributed by atoms with Crippen molar-refractivity contribution in [2.24, 2.45) is 0 Å². The number of imidazole rings is 1. The van der Waals surface area contributed by atoms with Crippen molar-refractivity contribution in [2.45, 2.75) is 20.3 Å². The van der Waals surface area contributed by atoms with Gasteiger partial charge in [-0.3, -0.25) is 9.59 Å². The number of aryl methyl sites for hydroxylation is 1. The van der Waals surface area contributed by atoms with Gasteiger partial charge in [0.1, 0.15) is 11.5 Å². The standard InChI is InChI=1S/C29H24N4O4/c1-16-25(17(2)30-26(16)29(35)31-21-10-8-18-12-13-36-37-24(18)15-21)28-32-22-11-9-20(14-23(22)33-28)27(34)19-6-4-3-5-7-19/h3-11,14-15,30H,12-13H2,1-2H3,(H,31,35)(H,32,33). The van der Waals surface area contributed by atoms with Crippen molar-refractivity contribution in [3.05, 3.63) is 100 Å². The summed E-state index contributed by atoms with van der Waals surface area (Å²) in [6, 6.07) is 20.1. The van der Waals surface area contributed by atoms with Crippen molar-refractivity contribution in [3.63, 3.8) is 0 Å². The van der Waals surface area contributed by atoms with Gasteiger partial charge in [-0.05, 0) is 43.7 Å². The number of hydrogen-bond donors (Lipinski definition) is 3. The number of ketones is 1. The van der Waals surface area contributed by atoms with Crippen molar-refractivity contribution >= 4 is 28.4 Å². The summed E-state index contributed by atoms with van der Waals surface area (Å²) in [7, 11) is 0. The van der Waals surface area contributed by atoms with E-state index in [0.29, 0.717) is 40.7 Å². The summed E-state index contributed by atoms with van der Waals surface area (Å²) in [6.45, 7) is 4.30. The minimum atomic E-state index is -0.268. The number of aromatic amines is 2. The third kappa shape index (κ3) is 4.17. The predicted molar refractivity (Wildman–Crippen MR) is 140 cm³/mol. The second kappa shape index (κ2) is 9.07. The van der Waals surface area contributed by atoms with E-state index in [9.17, 15) is 9.59 Å². The van der Waals surface area contributed by atoms with Crippen LogP contribution in [0.15, 0.2) is 66.7 Å². The zero-order valence-corrected chi connectivity index (χ0v) is 20.3. The normalized spacial score (nSPS) is 12.7. The zero-order valence-electron chi connectivity index (χ0n) is 20.3. The highest BCUT2D eigenvalue weighted by atomic mass is 17.2. The number of benzene rings is 3. The molecule has 1 aliphatic heterocycles. The maximum absolute atomic E-state index is 13.1. The molecule has 184 valence electrons. The Morgan fingerprint density at radius 1 is 0.946 bits per heavy atom. The van der Waals surface area contributed by atoms with Gasteiger partial charge in [0.25, 0.3) is 5.91 Å². The minimum Gasteiger partial charge on any atom is -0.354 e. The van der Waals surface area contributed by atoms with Crippen LogP contribution in [0.1, 0.15) is 43.2 Å². The number of amides is 1. The summed E-state index contributed by atoms with van der Waals surface area (Å²) in [5.41, 5.74) is 7.20. The monoisotopic (exact) mass is 492 g/mol. The Kier molecular flexibility index (Phi) is 5.58. The van der Waals surface area contributed by atoms with E-state index in [0.717, 1.165) is 39.8 Å². The van der Waals surface area contributed by atoms with Gasteiger partial charge in [-0.2, -0.15) is 4.89 Å². The minimum absolute atomic E-state index is 0.0502. The maximum atomic E-state index is 13.1. The predicted octanol–water partition coefficient (Wildman–Crippen LogP) is 5.52. The summed E-state index contributed by atoms with van der Waals surface area (Å²) in [5, 5.41) is 2.93. The highest BCUT2D eigenvalue weighted by Gasteiger charge is 2.22. The molecule has 0 fully saturated rings. The van der Waals surface area contributed by atoms with Crippen molar-refractivity contribution in [2.75, 3.05) is 11.9 Å². The number of nitrogens with zero attached hydrogens (tertiary/aromatic N) is 1. The van der Waals surface area contributed by atoms with E-state index in [1.807, 2.05) is 56.3 Å². The molecule has 0 bridgehead atoms. The van der Waals surface area contributed by atoms with E-state index >= 15 is 0 Å². The highest BCUT2D eigenvalue weighted by Crippen LogP contribution is 2.31. The van der Waals surface area contributed by atoms with Crippen LogP contribution in [0.5, 0.6) is 5.75 Å². The van der Waals surface area contributed by atoms with E-state index < -0.39 is 0 Å². The Morgan fingerprint density at radius 2 is 1.78 bits per heavy atom. The molecule has 0 unspecified atom stereocenters. The van der Waals surface area contributed by atoms with E-state index in [1.165, 1.54) is 0 Å². The van der Waals surface area contributed by atoms with Crippen LogP contribution in [0.25, 0.3) is 22.4 Å². The lowest BCUT2D eigenvalue weighted by Gasteiger charge is -2.16. The van der Waals surface area contributed by atoms with Gasteiger partial charge >= 0.3 is 0 Å². The van der Waals surface area contributed by atoms with Crippen LogP contribution in [-0.4, -0.2) is 33.2 Å². The quantitative estimate of drug-likeness (QED) is 0.221. The van der Waals surface area contributed by atoms with E-state index in [-0.39, 0.29) is 11.7 Å². The van der Waals surface area contributed by atoms with Gasteiger partial charge in [0.15, 0.2) is 11.5 Å². The van der Waals surface area contributed by atoms with E-state index in [2.05, 4.69) is 15.3 Å². The van der Waals surface area contributed by atoms with E-state index in [4.69, 9.17) is 14.8 Å². The molecule has 1 aliphatic rings. The molecule has 3 N–H and O–H groups in total. The first-order valence-corrected chi connectivity index (χ1v) is 12.0. The number of carbonyl (C=O) groups is 2. The van der Waals surface area contributed by atoms with Crippen LogP contribution >= 0.6 is 0 Å². The van der Waals surface area contributed by atoms with Crippen LogP contribution in [-0.2, 0) is 11.3 Å². The topological polar surface area (TPSA) is 109 Å². The van der Waals surface area contributed by atoms with Crippen LogP contribution in [0.3, 0.4) is 0 Å². The lowest BCUT2D eigenvalue weighted by Crippen LogP contribution is -2.15. The second-order valence-electron chi connectivity index (χ2n) is 9.07.